The maximum atomic E-state index is 10.2. The van der Waals surface area contributed by atoms with E-state index in [2.05, 4.69) is 0 Å². The quantitative estimate of drug-likeness (QED) is 0.323. The van der Waals surface area contributed by atoms with Crippen molar-refractivity contribution in [3.8, 4) is 0 Å². The van der Waals surface area contributed by atoms with Crippen LogP contribution >= 0.6 is 8.60 Å². The van der Waals surface area contributed by atoms with E-state index < -0.39 is 20.4 Å². The fourth-order valence-corrected chi connectivity index (χ4v) is 1.85. The number of hydrogen-bond acceptors (Lipinski definition) is 6. The Bertz CT molecular complexity index is 238. The van der Waals surface area contributed by atoms with Gasteiger partial charge in [0.25, 0.3) is 11.8 Å². The third-order valence-electron chi connectivity index (χ3n) is 1.73. The number of carbonyl (C=O) groups is 2. The van der Waals surface area contributed by atoms with Crippen LogP contribution in [-0.4, -0.2) is 41.9 Å². The summed E-state index contributed by atoms with van der Waals surface area (Å²) in [6, 6.07) is 0. The van der Waals surface area contributed by atoms with Crippen molar-refractivity contribution in [1.29, 1.82) is 0 Å². The molecule has 1 rings (SSSR count). The standard InChI is InChI=1S/C6H15O3P.C4H5NO3.Ag/c1-4-7-10(8-5-2)9-6-3;6-3-1-2-4(7)5(3)8;/h4-6H2,1-3H3;8H,1-2H2;. The van der Waals surface area contributed by atoms with Crippen molar-refractivity contribution in [2.45, 2.75) is 33.6 Å². The van der Waals surface area contributed by atoms with Gasteiger partial charge in [0, 0.05) is 35.2 Å². The van der Waals surface area contributed by atoms with E-state index in [1.807, 2.05) is 20.8 Å². The molecule has 1 fully saturated rings. The van der Waals surface area contributed by atoms with Gasteiger partial charge in [-0.2, -0.15) is 5.06 Å². The van der Waals surface area contributed by atoms with Crippen LogP contribution in [0.4, 0.5) is 0 Å². The van der Waals surface area contributed by atoms with Crippen molar-refractivity contribution in [2.24, 2.45) is 0 Å². The van der Waals surface area contributed by atoms with Gasteiger partial charge in [0.05, 0.1) is 19.8 Å². The molecule has 0 bridgehead atoms. The van der Waals surface area contributed by atoms with Crippen LogP contribution in [0.2, 0.25) is 0 Å². The summed E-state index contributed by atoms with van der Waals surface area (Å²) in [6.07, 6.45) is 0.296. The molecule has 1 saturated heterocycles. The van der Waals surface area contributed by atoms with Gasteiger partial charge in [-0.25, -0.2) is 0 Å². The van der Waals surface area contributed by atoms with Gasteiger partial charge in [0.15, 0.2) is 0 Å². The van der Waals surface area contributed by atoms with Gasteiger partial charge in [-0.1, -0.05) is 0 Å². The molecule has 0 aliphatic carbocycles. The van der Waals surface area contributed by atoms with Crippen LogP contribution < -0.4 is 0 Å². The van der Waals surface area contributed by atoms with E-state index in [0.717, 1.165) is 0 Å². The van der Waals surface area contributed by atoms with Crippen LogP contribution in [0.1, 0.15) is 33.6 Å². The fourth-order valence-electron chi connectivity index (χ4n) is 0.993. The summed E-state index contributed by atoms with van der Waals surface area (Å²) in [4.78, 5) is 20.5. The largest absolute Gasteiger partial charge is 0.332 e. The van der Waals surface area contributed by atoms with Gasteiger partial charge >= 0.3 is 8.60 Å². The average Bonchev–Trinajstić information content (AvgIpc) is 2.63. The smallest absolute Gasteiger partial charge is 0.313 e. The van der Waals surface area contributed by atoms with Crippen LogP contribution in [0.15, 0.2) is 0 Å². The molecule has 0 aromatic rings. The van der Waals surface area contributed by atoms with E-state index in [1.165, 1.54) is 0 Å². The first kappa shape index (κ1) is 21.4. The van der Waals surface area contributed by atoms with E-state index in [-0.39, 0.29) is 40.3 Å². The van der Waals surface area contributed by atoms with Gasteiger partial charge < -0.3 is 13.6 Å². The molecule has 1 aliphatic heterocycles. The number of hydroxylamine groups is 2. The molecule has 1 aliphatic rings. The summed E-state index contributed by atoms with van der Waals surface area (Å²) in [5.74, 6) is -1.01. The first-order valence-electron chi connectivity index (χ1n) is 5.80. The second-order valence-corrected chi connectivity index (χ2v) is 4.30. The molecule has 0 aromatic carbocycles. The number of amides is 2. The fraction of sp³-hybridized carbons (Fsp3) is 0.800. The van der Waals surface area contributed by atoms with Gasteiger partial charge in [-0.15, -0.1) is 0 Å². The van der Waals surface area contributed by atoms with E-state index in [4.69, 9.17) is 18.8 Å². The van der Waals surface area contributed by atoms with E-state index >= 15 is 0 Å². The molecule has 1 heterocycles. The summed E-state index contributed by atoms with van der Waals surface area (Å²) in [5.41, 5.74) is 0. The molecular weight excluding hydrogens is 369 g/mol. The molecule has 0 spiro atoms. The zero-order chi connectivity index (χ0) is 14.0. The van der Waals surface area contributed by atoms with E-state index in [9.17, 15) is 9.59 Å². The molecule has 117 valence electrons. The molecule has 0 aromatic heterocycles. The Morgan fingerprint density at radius 2 is 1.32 bits per heavy atom. The van der Waals surface area contributed by atoms with Gasteiger partial charge in [0.1, 0.15) is 0 Å². The molecule has 0 unspecified atom stereocenters. The molecule has 1 radical (unpaired) electrons. The Morgan fingerprint density at radius 3 is 1.47 bits per heavy atom. The first-order valence-corrected chi connectivity index (χ1v) is 6.89. The molecular formula is C10H20AgNO6P. The maximum Gasteiger partial charge on any atom is 0.332 e. The van der Waals surface area contributed by atoms with Crippen molar-refractivity contribution in [3.05, 3.63) is 0 Å². The van der Waals surface area contributed by atoms with Crippen LogP contribution in [0.3, 0.4) is 0 Å². The van der Waals surface area contributed by atoms with Crippen molar-refractivity contribution in [3.63, 3.8) is 0 Å². The van der Waals surface area contributed by atoms with Gasteiger partial charge in [-0.05, 0) is 20.8 Å². The minimum Gasteiger partial charge on any atom is -0.313 e. The van der Waals surface area contributed by atoms with E-state index in [1.54, 1.807) is 0 Å². The molecule has 0 atom stereocenters. The Hall–Kier alpha value is 0.150. The number of hydrogen-bond donors (Lipinski definition) is 1. The zero-order valence-corrected chi connectivity index (χ0v) is 13.6. The molecule has 2 amide bonds. The number of imide groups is 1. The second-order valence-electron chi connectivity index (χ2n) is 3.08. The van der Waals surface area contributed by atoms with Crippen LogP contribution in [0.5, 0.6) is 0 Å². The minimum absolute atomic E-state index is 0. The van der Waals surface area contributed by atoms with Crippen LogP contribution in [0, 0.1) is 0 Å². The Kier molecular flexibility index (Phi) is 14.8. The van der Waals surface area contributed by atoms with Crippen molar-refractivity contribution in [2.75, 3.05) is 19.8 Å². The number of nitrogens with zero attached hydrogens (tertiary/aromatic N) is 1. The van der Waals surface area contributed by atoms with Gasteiger partial charge in [-0.3, -0.25) is 14.8 Å². The minimum atomic E-state index is -1.06. The topological polar surface area (TPSA) is 85.3 Å². The van der Waals surface area contributed by atoms with Crippen molar-refractivity contribution < 1.29 is 50.7 Å². The third kappa shape index (κ3) is 9.65. The number of carbonyl (C=O) groups excluding carboxylic acids is 2. The summed E-state index contributed by atoms with van der Waals surface area (Å²) in [7, 11) is -1.06. The maximum absolute atomic E-state index is 10.2. The van der Waals surface area contributed by atoms with Gasteiger partial charge in [0.2, 0.25) is 0 Å². The third-order valence-corrected chi connectivity index (χ3v) is 3.14. The summed E-state index contributed by atoms with van der Waals surface area (Å²) >= 11 is 0. The predicted octanol–water partition coefficient (Wildman–Crippen LogP) is 1.84. The molecule has 7 nitrogen and oxygen atoms in total. The SMILES string of the molecule is CCOP(OCC)OCC.O=C1CCC(=O)N1O.[Ag]. The molecule has 19 heavy (non-hydrogen) atoms. The normalized spacial score (nSPS) is 14.3. The summed E-state index contributed by atoms with van der Waals surface area (Å²) < 4.78 is 15.4. The van der Waals surface area contributed by atoms with Crippen LogP contribution in [0.25, 0.3) is 0 Å². The molecule has 0 saturated carbocycles. The Balaban J connectivity index is 0. The Morgan fingerprint density at radius 1 is 1.00 bits per heavy atom. The molecule has 9 heteroatoms. The number of rotatable bonds is 6. The van der Waals surface area contributed by atoms with E-state index in [0.29, 0.717) is 19.8 Å². The second kappa shape index (κ2) is 13.1. The predicted molar refractivity (Wildman–Crippen MR) is 64.7 cm³/mol. The summed E-state index contributed by atoms with van der Waals surface area (Å²) in [6.45, 7) is 7.71. The Labute approximate surface area is 130 Å². The monoisotopic (exact) mass is 388 g/mol. The molecule has 1 N–H and O–H groups in total. The zero-order valence-electron chi connectivity index (χ0n) is 11.2. The average molecular weight is 389 g/mol. The first-order chi connectivity index (χ1) is 8.56. The van der Waals surface area contributed by atoms with Crippen molar-refractivity contribution >= 4 is 20.4 Å². The van der Waals surface area contributed by atoms with Crippen LogP contribution in [-0.2, 0) is 45.5 Å². The van der Waals surface area contributed by atoms with Crippen molar-refractivity contribution in [1.82, 2.24) is 5.06 Å². The summed E-state index contributed by atoms with van der Waals surface area (Å²) in [5, 5.41) is 8.57.